The summed E-state index contributed by atoms with van der Waals surface area (Å²) in [5.41, 5.74) is 0. The van der Waals surface area contributed by atoms with Crippen LogP contribution in [0.3, 0.4) is 0 Å². The quantitative estimate of drug-likeness (QED) is 0.559. The van der Waals surface area contributed by atoms with E-state index in [4.69, 9.17) is 0 Å². The molecule has 0 aliphatic carbocycles. The number of hydrogen-bond donors (Lipinski definition) is 0. The summed E-state index contributed by atoms with van der Waals surface area (Å²) in [6.45, 7) is 4.13. The van der Waals surface area contributed by atoms with Crippen LogP contribution in [-0.2, 0) is 0 Å². The van der Waals surface area contributed by atoms with E-state index in [1.54, 1.807) is 0 Å². The molecular weight excluding hydrogens is 160 g/mol. The summed E-state index contributed by atoms with van der Waals surface area (Å²) in [6.07, 6.45) is 9.58. The molecular formula is C11H20N2. The second kappa shape index (κ2) is 3.25. The largest absolute Gasteiger partial charge is 0.286 e. The SMILES string of the molecule is C1CCN2C(C1)CN1CCCCC12. The lowest BCUT2D eigenvalue weighted by Crippen LogP contribution is -2.44. The zero-order valence-electron chi connectivity index (χ0n) is 8.41. The predicted octanol–water partition coefficient (Wildman–Crippen LogP) is 1.67. The van der Waals surface area contributed by atoms with Crippen molar-refractivity contribution in [3.8, 4) is 0 Å². The molecule has 74 valence electrons. The second-order valence-electron chi connectivity index (χ2n) is 4.86. The van der Waals surface area contributed by atoms with Crippen molar-refractivity contribution in [2.75, 3.05) is 19.6 Å². The van der Waals surface area contributed by atoms with Crippen molar-refractivity contribution in [3.63, 3.8) is 0 Å². The second-order valence-corrected chi connectivity index (χ2v) is 4.86. The van der Waals surface area contributed by atoms with Gasteiger partial charge in [0.15, 0.2) is 0 Å². The van der Waals surface area contributed by atoms with Crippen molar-refractivity contribution in [3.05, 3.63) is 0 Å². The Morgan fingerprint density at radius 2 is 1.69 bits per heavy atom. The van der Waals surface area contributed by atoms with E-state index in [0.29, 0.717) is 0 Å². The predicted molar refractivity (Wildman–Crippen MR) is 53.6 cm³/mol. The maximum Gasteiger partial charge on any atom is 0.0625 e. The first-order valence-electron chi connectivity index (χ1n) is 5.95. The summed E-state index contributed by atoms with van der Waals surface area (Å²) < 4.78 is 0. The average molecular weight is 180 g/mol. The zero-order valence-corrected chi connectivity index (χ0v) is 8.41. The molecule has 3 saturated heterocycles. The van der Waals surface area contributed by atoms with E-state index < -0.39 is 0 Å². The van der Waals surface area contributed by atoms with Gasteiger partial charge in [0.1, 0.15) is 0 Å². The third-order valence-electron chi connectivity index (χ3n) is 4.08. The van der Waals surface area contributed by atoms with E-state index >= 15 is 0 Å². The van der Waals surface area contributed by atoms with E-state index in [0.717, 1.165) is 12.2 Å². The average Bonchev–Trinajstić information content (AvgIpc) is 2.56. The third-order valence-corrected chi connectivity index (χ3v) is 4.08. The Bertz CT molecular complexity index is 173. The Balaban J connectivity index is 1.76. The molecule has 0 saturated carbocycles. The van der Waals surface area contributed by atoms with Gasteiger partial charge < -0.3 is 0 Å². The molecule has 13 heavy (non-hydrogen) atoms. The van der Waals surface area contributed by atoms with Gasteiger partial charge in [0.25, 0.3) is 0 Å². The highest BCUT2D eigenvalue weighted by molar-refractivity contribution is 4.93. The molecule has 0 aromatic heterocycles. The summed E-state index contributed by atoms with van der Waals surface area (Å²) in [7, 11) is 0. The molecule has 2 atom stereocenters. The van der Waals surface area contributed by atoms with Crippen LogP contribution in [0.1, 0.15) is 38.5 Å². The smallest absolute Gasteiger partial charge is 0.0625 e. The van der Waals surface area contributed by atoms with E-state index in [1.807, 2.05) is 0 Å². The molecule has 3 aliphatic rings. The number of fused-ring (bicyclic) bond motifs is 3. The Labute approximate surface area is 80.9 Å². The Hall–Kier alpha value is -0.0800. The van der Waals surface area contributed by atoms with Crippen molar-refractivity contribution in [2.24, 2.45) is 0 Å². The van der Waals surface area contributed by atoms with Crippen LogP contribution in [0.4, 0.5) is 0 Å². The van der Waals surface area contributed by atoms with E-state index in [-0.39, 0.29) is 0 Å². The number of piperidine rings is 2. The van der Waals surface area contributed by atoms with Crippen molar-refractivity contribution in [2.45, 2.75) is 50.7 Å². The summed E-state index contributed by atoms with van der Waals surface area (Å²) in [5.74, 6) is 0. The molecule has 0 aromatic carbocycles. The highest BCUT2D eigenvalue weighted by atomic mass is 15.4. The lowest BCUT2D eigenvalue weighted by atomic mass is 10.0. The summed E-state index contributed by atoms with van der Waals surface area (Å²) in [4.78, 5) is 5.53. The minimum atomic E-state index is 0.846. The standard InChI is InChI=1S/C11H20N2/c1-4-8-13-10(5-1)9-12-7-3-2-6-11(12)13/h10-11H,1-9H2. The molecule has 3 fully saturated rings. The van der Waals surface area contributed by atoms with Gasteiger partial charge in [-0.15, -0.1) is 0 Å². The molecule has 0 N–H and O–H groups in total. The molecule has 0 aromatic rings. The minimum Gasteiger partial charge on any atom is -0.286 e. The van der Waals surface area contributed by atoms with E-state index in [1.165, 1.54) is 58.2 Å². The molecule has 0 bridgehead atoms. The first kappa shape index (κ1) is 8.25. The van der Waals surface area contributed by atoms with Gasteiger partial charge in [-0.3, -0.25) is 9.80 Å². The lowest BCUT2D eigenvalue weighted by molar-refractivity contribution is 0.0733. The lowest BCUT2D eigenvalue weighted by Gasteiger charge is -2.36. The Morgan fingerprint density at radius 3 is 2.69 bits per heavy atom. The van der Waals surface area contributed by atoms with Gasteiger partial charge in [0.05, 0.1) is 6.17 Å². The summed E-state index contributed by atoms with van der Waals surface area (Å²) >= 11 is 0. The molecule has 2 nitrogen and oxygen atoms in total. The van der Waals surface area contributed by atoms with Gasteiger partial charge in [-0.2, -0.15) is 0 Å². The number of rotatable bonds is 0. The maximum absolute atomic E-state index is 2.79. The van der Waals surface area contributed by atoms with Crippen LogP contribution in [-0.4, -0.2) is 41.6 Å². The monoisotopic (exact) mass is 180 g/mol. The third kappa shape index (κ3) is 1.31. The van der Waals surface area contributed by atoms with E-state index in [2.05, 4.69) is 9.80 Å². The summed E-state index contributed by atoms with van der Waals surface area (Å²) in [6, 6.07) is 0.928. The normalized spacial score (nSPS) is 41.5. The minimum absolute atomic E-state index is 0.846. The van der Waals surface area contributed by atoms with Gasteiger partial charge in [-0.25, -0.2) is 0 Å². The summed E-state index contributed by atoms with van der Waals surface area (Å²) in [5, 5.41) is 0. The molecule has 2 heteroatoms. The Kier molecular flexibility index (Phi) is 2.06. The fourth-order valence-electron chi connectivity index (χ4n) is 3.44. The van der Waals surface area contributed by atoms with Gasteiger partial charge in [0.2, 0.25) is 0 Å². The molecule has 3 heterocycles. The molecule has 3 rings (SSSR count). The number of nitrogens with zero attached hydrogens (tertiary/aromatic N) is 2. The first-order chi connectivity index (χ1) is 6.45. The van der Waals surface area contributed by atoms with Gasteiger partial charge in [-0.1, -0.05) is 6.42 Å². The van der Waals surface area contributed by atoms with Crippen molar-refractivity contribution < 1.29 is 0 Å². The van der Waals surface area contributed by atoms with Crippen LogP contribution in [0.2, 0.25) is 0 Å². The molecule has 2 unspecified atom stereocenters. The van der Waals surface area contributed by atoms with Crippen LogP contribution in [0.5, 0.6) is 0 Å². The molecule has 0 amide bonds. The van der Waals surface area contributed by atoms with Crippen LogP contribution < -0.4 is 0 Å². The van der Waals surface area contributed by atoms with Crippen molar-refractivity contribution in [1.82, 2.24) is 9.80 Å². The molecule has 0 spiro atoms. The van der Waals surface area contributed by atoms with Crippen molar-refractivity contribution in [1.29, 1.82) is 0 Å². The molecule has 0 radical (unpaired) electrons. The first-order valence-corrected chi connectivity index (χ1v) is 5.95. The van der Waals surface area contributed by atoms with Gasteiger partial charge in [0, 0.05) is 12.6 Å². The highest BCUT2D eigenvalue weighted by Crippen LogP contribution is 2.33. The van der Waals surface area contributed by atoms with Gasteiger partial charge in [-0.05, 0) is 45.2 Å². The topological polar surface area (TPSA) is 6.48 Å². The number of hydrogen-bond acceptors (Lipinski definition) is 2. The Morgan fingerprint density at radius 1 is 0.846 bits per heavy atom. The highest BCUT2D eigenvalue weighted by Gasteiger charge is 2.40. The van der Waals surface area contributed by atoms with Crippen LogP contribution in [0.15, 0.2) is 0 Å². The zero-order chi connectivity index (χ0) is 8.67. The van der Waals surface area contributed by atoms with Gasteiger partial charge >= 0.3 is 0 Å². The fourth-order valence-corrected chi connectivity index (χ4v) is 3.44. The molecule has 3 aliphatic heterocycles. The van der Waals surface area contributed by atoms with Crippen LogP contribution in [0, 0.1) is 0 Å². The maximum atomic E-state index is 2.79. The fraction of sp³-hybridized carbons (Fsp3) is 1.00. The van der Waals surface area contributed by atoms with Crippen molar-refractivity contribution >= 4 is 0 Å². The van der Waals surface area contributed by atoms with E-state index in [9.17, 15) is 0 Å². The van der Waals surface area contributed by atoms with Crippen LogP contribution >= 0.6 is 0 Å². The van der Waals surface area contributed by atoms with Crippen LogP contribution in [0.25, 0.3) is 0 Å².